The molecule has 0 radical (unpaired) electrons. The zero-order valence-corrected chi connectivity index (χ0v) is 11.2. The van der Waals surface area contributed by atoms with E-state index in [9.17, 15) is 13.9 Å². The SMILES string of the molecule is CCOc1cc(C(O)C=C(C)C)ccc1OC(F)F. The van der Waals surface area contributed by atoms with Crippen LogP contribution in [0.2, 0.25) is 0 Å². The van der Waals surface area contributed by atoms with Crippen LogP contribution in [0.15, 0.2) is 29.8 Å². The lowest BCUT2D eigenvalue weighted by Gasteiger charge is -2.14. The van der Waals surface area contributed by atoms with Crippen LogP contribution in [0.4, 0.5) is 8.78 Å². The molecule has 0 bridgehead atoms. The lowest BCUT2D eigenvalue weighted by molar-refractivity contribution is -0.0514. The van der Waals surface area contributed by atoms with Gasteiger partial charge in [0.15, 0.2) is 11.5 Å². The Hall–Kier alpha value is -1.62. The van der Waals surface area contributed by atoms with Gasteiger partial charge in [0.2, 0.25) is 0 Å². The number of rotatable bonds is 6. The minimum atomic E-state index is -2.91. The van der Waals surface area contributed by atoms with Crippen LogP contribution in [0.25, 0.3) is 0 Å². The number of ether oxygens (including phenoxy) is 2. The third kappa shape index (κ3) is 4.87. The van der Waals surface area contributed by atoms with E-state index in [1.165, 1.54) is 18.2 Å². The first kappa shape index (κ1) is 15.4. The van der Waals surface area contributed by atoms with Gasteiger partial charge < -0.3 is 14.6 Å². The molecule has 0 aliphatic carbocycles. The van der Waals surface area contributed by atoms with Crippen molar-refractivity contribution in [1.29, 1.82) is 0 Å². The minimum Gasteiger partial charge on any atom is -0.490 e. The van der Waals surface area contributed by atoms with Crippen LogP contribution < -0.4 is 9.47 Å². The van der Waals surface area contributed by atoms with Gasteiger partial charge in [-0.25, -0.2) is 0 Å². The second-order valence-corrected chi connectivity index (χ2v) is 4.21. The minimum absolute atomic E-state index is 0.0370. The maximum absolute atomic E-state index is 12.2. The normalized spacial score (nSPS) is 12.2. The average molecular weight is 272 g/mol. The van der Waals surface area contributed by atoms with E-state index in [1.54, 1.807) is 13.0 Å². The highest BCUT2D eigenvalue weighted by Crippen LogP contribution is 2.32. The molecule has 1 N–H and O–H groups in total. The molecule has 5 heteroatoms. The molecule has 0 aromatic heterocycles. The second kappa shape index (κ2) is 7.09. The van der Waals surface area contributed by atoms with E-state index >= 15 is 0 Å². The fourth-order valence-electron chi connectivity index (χ4n) is 1.58. The van der Waals surface area contributed by atoms with E-state index in [0.717, 1.165) is 5.57 Å². The molecule has 0 spiro atoms. The van der Waals surface area contributed by atoms with Crippen molar-refractivity contribution in [2.24, 2.45) is 0 Å². The molecule has 0 saturated carbocycles. The van der Waals surface area contributed by atoms with E-state index in [1.807, 2.05) is 13.8 Å². The van der Waals surface area contributed by atoms with Crippen molar-refractivity contribution < 1.29 is 23.4 Å². The van der Waals surface area contributed by atoms with Crippen molar-refractivity contribution in [1.82, 2.24) is 0 Å². The summed E-state index contributed by atoms with van der Waals surface area (Å²) in [5.41, 5.74) is 1.52. The van der Waals surface area contributed by atoms with Gasteiger partial charge in [0.25, 0.3) is 0 Å². The Kier molecular flexibility index (Phi) is 5.76. The summed E-state index contributed by atoms with van der Waals surface area (Å²) >= 11 is 0. The van der Waals surface area contributed by atoms with Gasteiger partial charge in [0.1, 0.15) is 0 Å². The summed E-state index contributed by atoms with van der Waals surface area (Å²) in [5.74, 6) is 0.159. The smallest absolute Gasteiger partial charge is 0.387 e. The van der Waals surface area contributed by atoms with Crippen LogP contribution in [0.5, 0.6) is 11.5 Å². The average Bonchev–Trinajstić information content (AvgIpc) is 2.30. The summed E-state index contributed by atoms with van der Waals surface area (Å²) in [6.07, 6.45) is 0.864. The first-order chi connectivity index (χ1) is 8.93. The molecule has 0 aliphatic rings. The van der Waals surface area contributed by atoms with Gasteiger partial charge in [-0.3, -0.25) is 0 Å². The number of alkyl halides is 2. The van der Waals surface area contributed by atoms with E-state index in [2.05, 4.69) is 4.74 Å². The largest absolute Gasteiger partial charge is 0.490 e. The number of hydrogen-bond acceptors (Lipinski definition) is 3. The van der Waals surface area contributed by atoms with Crippen LogP contribution in [-0.4, -0.2) is 18.3 Å². The van der Waals surface area contributed by atoms with Gasteiger partial charge in [-0.05, 0) is 38.5 Å². The first-order valence-corrected chi connectivity index (χ1v) is 5.98. The van der Waals surface area contributed by atoms with Gasteiger partial charge in [0, 0.05) is 0 Å². The molecule has 0 saturated heterocycles. The van der Waals surface area contributed by atoms with Crippen molar-refractivity contribution in [3.8, 4) is 11.5 Å². The number of aliphatic hydroxyl groups is 1. The lowest BCUT2D eigenvalue weighted by Crippen LogP contribution is -2.05. The number of aliphatic hydroxyl groups excluding tert-OH is 1. The van der Waals surface area contributed by atoms with E-state index < -0.39 is 12.7 Å². The van der Waals surface area contributed by atoms with Crippen molar-refractivity contribution in [3.63, 3.8) is 0 Å². The number of allylic oxidation sites excluding steroid dienone is 1. The molecule has 0 fully saturated rings. The fourth-order valence-corrected chi connectivity index (χ4v) is 1.58. The Balaban J connectivity index is 3.04. The molecule has 0 heterocycles. The first-order valence-electron chi connectivity index (χ1n) is 5.98. The highest BCUT2D eigenvalue weighted by Gasteiger charge is 2.13. The van der Waals surface area contributed by atoms with E-state index in [0.29, 0.717) is 12.2 Å². The Morgan fingerprint density at radius 3 is 2.53 bits per heavy atom. The molecule has 1 atom stereocenters. The van der Waals surface area contributed by atoms with Crippen LogP contribution in [0.3, 0.4) is 0 Å². The highest BCUT2D eigenvalue weighted by atomic mass is 19.3. The number of hydrogen-bond donors (Lipinski definition) is 1. The zero-order chi connectivity index (χ0) is 14.4. The molecule has 0 amide bonds. The monoisotopic (exact) mass is 272 g/mol. The van der Waals surface area contributed by atoms with Crippen LogP contribution in [0, 0.1) is 0 Å². The molecule has 1 aromatic rings. The molecule has 19 heavy (non-hydrogen) atoms. The van der Waals surface area contributed by atoms with Gasteiger partial charge in [0.05, 0.1) is 12.7 Å². The molecule has 0 aliphatic heterocycles. The summed E-state index contributed by atoms with van der Waals surface area (Å²) < 4.78 is 34.1. The topological polar surface area (TPSA) is 38.7 Å². The van der Waals surface area contributed by atoms with Crippen LogP contribution in [0.1, 0.15) is 32.4 Å². The summed E-state index contributed by atoms with van der Waals surface area (Å²) in [6.45, 7) is 2.88. The molecular formula is C14H18F2O3. The zero-order valence-electron chi connectivity index (χ0n) is 11.2. The van der Waals surface area contributed by atoms with E-state index in [-0.39, 0.29) is 11.5 Å². The predicted molar refractivity (Wildman–Crippen MR) is 68.6 cm³/mol. The molecule has 1 rings (SSSR count). The van der Waals surface area contributed by atoms with Crippen molar-refractivity contribution in [2.45, 2.75) is 33.5 Å². The molecular weight excluding hydrogens is 254 g/mol. The lowest BCUT2D eigenvalue weighted by atomic mass is 10.1. The summed E-state index contributed by atoms with van der Waals surface area (Å²) in [5, 5.41) is 9.94. The van der Waals surface area contributed by atoms with Gasteiger partial charge in [-0.15, -0.1) is 0 Å². The summed E-state index contributed by atoms with van der Waals surface area (Å²) in [6, 6.07) is 4.41. The Bertz CT molecular complexity index is 440. The third-order valence-electron chi connectivity index (χ3n) is 2.32. The predicted octanol–water partition coefficient (Wildman–Crippen LogP) is 3.69. The fraction of sp³-hybridized carbons (Fsp3) is 0.429. The van der Waals surface area contributed by atoms with Crippen LogP contribution >= 0.6 is 0 Å². The Morgan fingerprint density at radius 2 is 2.00 bits per heavy atom. The van der Waals surface area contributed by atoms with Gasteiger partial charge >= 0.3 is 6.61 Å². The standard InChI is InChI=1S/C14H18F2O3/c1-4-18-13-8-10(11(17)7-9(2)3)5-6-12(13)19-14(15)16/h5-8,11,14,17H,4H2,1-3H3. The molecule has 1 aromatic carbocycles. The Labute approximate surface area is 111 Å². The van der Waals surface area contributed by atoms with Gasteiger partial charge in [-0.2, -0.15) is 8.78 Å². The maximum atomic E-state index is 12.2. The molecule has 3 nitrogen and oxygen atoms in total. The third-order valence-corrected chi connectivity index (χ3v) is 2.32. The molecule has 106 valence electrons. The second-order valence-electron chi connectivity index (χ2n) is 4.21. The van der Waals surface area contributed by atoms with E-state index in [4.69, 9.17) is 4.74 Å². The van der Waals surface area contributed by atoms with Crippen molar-refractivity contribution in [2.75, 3.05) is 6.61 Å². The number of halogens is 2. The molecule has 1 unspecified atom stereocenters. The van der Waals surface area contributed by atoms with Gasteiger partial charge in [-0.1, -0.05) is 17.7 Å². The summed E-state index contributed by atoms with van der Waals surface area (Å²) in [4.78, 5) is 0. The quantitative estimate of drug-likeness (QED) is 0.803. The Morgan fingerprint density at radius 1 is 1.32 bits per heavy atom. The summed E-state index contributed by atoms with van der Waals surface area (Å²) in [7, 11) is 0. The van der Waals surface area contributed by atoms with Crippen LogP contribution in [-0.2, 0) is 0 Å². The van der Waals surface area contributed by atoms with Crippen molar-refractivity contribution in [3.05, 3.63) is 35.4 Å². The highest BCUT2D eigenvalue weighted by molar-refractivity contribution is 5.44. The number of benzene rings is 1. The maximum Gasteiger partial charge on any atom is 0.387 e. The van der Waals surface area contributed by atoms with Crippen molar-refractivity contribution >= 4 is 0 Å².